The van der Waals surface area contributed by atoms with E-state index >= 15 is 0 Å². The van der Waals surface area contributed by atoms with Gasteiger partial charge in [0, 0.05) is 34.0 Å². The fourth-order valence-corrected chi connectivity index (χ4v) is 5.01. The second-order valence-electron chi connectivity index (χ2n) is 6.65. The monoisotopic (exact) mass is 357 g/mol. The third-order valence-electron chi connectivity index (χ3n) is 4.62. The molecule has 0 aromatic carbocycles. The van der Waals surface area contributed by atoms with E-state index in [4.69, 9.17) is 4.74 Å². The molecular formula is C16H24BrNOS. The van der Waals surface area contributed by atoms with Gasteiger partial charge in [0.15, 0.2) is 0 Å². The SMILES string of the molecule is CC(C)NCC1(Cc2sccc2Br)CCOC1C1CC1. The van der Waals surface area contributed by atoms with Crippen molar-refractivity contribution in [3.63, 3.8) is 0 Å². The minimum absolute atomic E-state index is 0.290. The standard InChI is InChI=1S/C16H24BrNOS/c1-11(2)18-10-16(9-14-13(17)5-8-20-14)6-7-19-15(16)12-3-4-12/h5,8,11-12,15,18H,3-4,6-7,9-10H2,1-2H3. The first-order chi connectivity index (χ1) is 9.61. The van der Waals surface area contributed by atoms with Gasteiger partial charge in [0.1, 0.15) is 0 Å². The molecule has 0 amide bonds. The van der Waals surface area contributed by atoms with Gasteiger partial charge in [0.2, 0.25) is 0 Å². The van der Waals surface area contributed by atoms with Crippen LogP contribution in [0.4, 0.5) is 0 Å². The van der Waals surface area contributed by atoms with Gasteiger partial charge in [-0.3, -0.25) is 0 Å². The second kappa shape index (κ2) is 6.07. The van der Waals surface area contributed by atoms with Crippen LogP contribution < -0.4 is 5.32 Å². The van der Waals surface area contributed by atoms with Gasteiger partial charge in [-0.15, -0.1) is 11.3 Å². The van der Waals surface area contributed by atoms with Gasteiger partial charge in [0.25, 0.3) is 0 Å². The van der Waals surface area contributed by atoms with Crippen LogP contribution in [0.15, 0.2) is 15.9 Å². The zero-order valence-corrected chi connectivity index (χ0v) is 14.7. The van der Waals surface area contributed by atoms with E-state index in [1.54, 1.807) is 0 Å². The molecule has 3 rings (SSSR count). The summed E-state index contributed by atoms with van der Waals surface area (Å²) in [5.41, 5.74) is 0.290. The fourth-order valence-electron chi connectivity index (χ4n) is 3.36. The lowest BCUT2D eigenvalue weighted by molar-refractivity contribution is 0.0301. The molecule has 2 heterocycles. The Morgan fingerprint density at radius 1 is 1.50 bits per heavy atom. The van der Waals surface area contributed by atoms with Gasteiger partial charge >= 0.3 is 0 Å². The van der Waals surface area contributed by atoms with Crippen molar-refractivity contribution in [2.75, 3.05) is 13.2 Å². The zero-order valence-electron chi connectivity index (χ0n) is 12.3. The molecular weight excluding hydrogens is 334 g/mol. The molecule has 2 nitrogen and oxygen atoms in total. The molecule has 4 heteroatoms. The first-order valence-corrected chi connectivity index (χ1v) is 9.35. The molecule has 2 atom stereocenters. The summed E-state index contributed by atoms with van der Waals surface area (Å²) in [4.78, 5) is 1.48. The number of nitrogens with one attached hydrogen (secondary N) is 1. The molecule has 0 radical (unpaired) electrons. The number of thiophene rings is 1. The summed E-state index contributed by atoms with van der Waals surface area (Å²) in [6.07, 6.45) is 5.52. The number of ether oxygens (including phenoxy) is 1. The van der Waals surface area contributed by atoms with Crippen LogP contribution in [-0.4, -0.2) is 25.3 Å². The van der Waals surface area contributed by atoms with Crippen LogP contribution in [0.3, 0.4) is 0 Å². The molecule has 2 fully saturated rings. The highest BCUT2D eigenvalue weighted by atomic mass is 79.9. The van der Waals surface area contributed by atoms with Gasteiger partial charge in [-0.05, 0) is 59.0 Å². The van der Waals surface area contributed by atoms with Gasteiger partial charge in [-0.25, -0.2) is 0 Å². The summed E-state index contributed by atoms with van der Waals surface area (Å²) in [6.45, 7) is 6.48. The molecule has 1 saturated carbocycles. The van der Waals surface area contributed by atoms with Crippen molar-refractivity contribution in [1.29, 1.82) is 0 Å². The van der Waals surface area contributed by atoms with E-state index in [2.05, 4.69) is 46.5 Å². The number of hydrogen-bond donors (Lipinski definition) is 1. The maximum Gasteiger partial charge on any atom is 0.0675 e. The van der Waals surface area contributed by atoms with Crippen LogP contribution in [-0.2, 0) is 11.2 Å². The van der Waals surface area contributed by atoms with Gasteiger partial charge in [-0.1, -0.05) is 13.8 Å². The molecule has 1 aliphatic heterocycles. The first kappa shape index (κ1) is 15.0. The summed E-state index contributed by atoms with van der Waals surface area (Å²) >= 11 is 5.57. The van der Waals surface area contributed by atoms with E-state index in [0.717, 1.165) is 25.5 Å². The van der Waals surface area contributed by atoms with E-state index in [1.807, 2.05) is 11.3 Å². The molecule has 2 unspecified atom stereocenters. The topological polar surface area (TPSA) is 21.3 Å². The third kappa shape index (κ3) is 3.13. The summed E-state index contributed by atoms with van der Waals surface area (Å²) in [6, 6.07) is 2.71. The van der Waals surface area contributed by atoms with E-state index < -0.39 is 0 Å². The largest absolute Gasteiger partial charge is 0.377 e. The van der Waals surface area contributed by atoms with E-state index in [9.17, 15) is 0 Å². The summed E-state index contributed by atoms with van der Waals surface area (Å²) < 4.78 is 7.43. The minimum atomic E-state index is 0.290. The van der Waals surface area contributed by atoms with Crippen molar-refractivity contribution in [3.05, 3.63) is 20.8 Å². The quantitative estimate of drug-likeness (QED) is 0.821. The number of hydrogen-bond acceptors (Lipinski definition) is 3. The molecule has 20 heavy (non-hydrogen) atoms. The van der Waals surface area contributed by atoms with E-state index in [1.165, 1.54) is 28.6 Å². The Hall–Kier alpha value is 0.1000. The lowest BCUT2D eigenvalue weighted by Crippen LogP contribution is -2.45. The first-order valence-electron chi connectivity index (χ1n) is 7.67. The Kier molecular flexibility index (Phi) is 4.56. The van der Waals surface area contributed by atoms with Gasteiger partial charge < -0.3 is 10.1 Å². The molecule has 112 valence electrons. The van der Waals surface area contributed by atoms with E-state index in [-0.39, 0.29) is 0 Å². The lowest BCUT2D eigenvalue weighted by Gasteiger charge is -2.35. The number of halogens is 1. The van der Waals surface area contributed by atoms with Crippen LogP contribution in [0, 0.1) is 11.3 Å². The predicted octanol–water partition coefficient (Wildman–Crippen LogP) is 4.24. The smallest absolute Gasteiger partial charge is 0.0675 e. The van der Waals surface area contributed by atoms with Crippen molar-refractivity contribution >= 4 is 27.3 Å². The van der Waals surface area contributed by atoms with Crippen LogP contribution >= 0.6 is 27.3 Å². The van der Waals surface area contributed by atoms with Crippen molar-refractivity contribution in [1.82, 2.24) is 5.32 Å². The summed E-state index contributed by atoms with van der Waals surface area (Å²) in [5, 5.41) is 5.87. The fraction of sp³-hybridized carbons (Fsp3) is 0.750. The Morgan fingerprint density at radius 2 is 2.30 bits per heavy atom. The van der Waals surface area contributed by atoms with Crippen molar-refractivity contribution in [2.45, 2.75) is 51.7 Å². The Labute approximate surface area is 134 Å². The van der Waals surface area contributed by atoms with Crippen LogP contribution in [0.2, 0.25) is 0 Å². The Morgan fingerprint density at radius 3 is 2.90 bits per heavy atom. The molecule has 1 saturated heterocycles. The second-order valence-corrected chi connectivity index (χ2v) is 8.50. The summed E-state index contributed by atoms with van der Waals surface area (Å²) in [5.74, 6) is 0.810. The lowest BCUT2D eigenvalue weighted by atomic mass is 9.75. The highest BCUT2D eigenvalue weighted by molar-refractivity contribution is 9.10. The van der Waals surface area contributed by atoms with Crippen molar-refractivity contribution in [2.24, 2.45) is 11.3 Å². The highest BCUT2D eigenvalue weighted by Crippen LogP contribution is 2.50. The summed E-state index contributed by atoms with van der Waals surface area (Å²) in [7, 11) is 0. The maximum absolute atomic E-state index is 6.16. The van der Waals surface area contributed by atoms with Crippen LogP contribution in [0.1, 0.15) is 38.0 Å². The van der Waals surface area contributed by atoms with Gasteiger partial charge in [0.05, 0.1) is 6.10 Å². The molecule has 1 N–H and O–H groups in total. The van der Waals surface area contributed by atoms with E-state index in [0.29, 0.717) is 17.6 Å². The third-order valence-corrected chi connectivity index (χ3v) is 6.54. The van der Waals surface area contributed by atoms with Crippen molar-refractivity contribution in [3.8, 4) is 0 Å². The van der Waals surface area contributed by atoms with Crippen LogP contribution in [0.25, 0.3) is 0 Å². The molecule has 1 aromatic heterocycles. The molecule has 0 spiro atoms. The maximum atomic E-state index is 6.16. The zero-order chi connectivity index (χ0) is 14.2. The average Bonchev–Trinajstić information content (AvgIpc) is 3.05. The Bertz CT molecular complexity index is 457. The highest BCUT2D eigenvalue weighted by Gasteiger charge is 2.50. The minimum Gasteiger partial charge on any atom is -0.377 e. The van der Waals surface area contributed by atoms with Gasteiger partial charge in [-0.2, -0.15) is 0 Å². The normalized spacial score (nSPS) is 30.3. The van der Waals surface area contributed by atoms with Crippen molar-refractivity contribution < 1.29 is 4.74 Å². The average molecular weight is 358 g/mol. The number of rotatable bonds is 6. The molecule has 2 aliphatic rings. The predicted molar refractivity (Wildman–Crippen MR) is 88.4 cm³/mol. The molecule has 1 aromatic rings. The molecule has 0 bridgehead atoms. The van der Waals surface area contributed by atoms with Crippen LogP contribution in [0.5, 0.6) is 0 Å². The molecule has 1 aliphatic carbocycles. The Balaban J connectivity index is 1.80.